The topological polar surface area (TPSA) is 87.7 Å². The van der Waals surface area contributed by atoms with E-state index in [0.29, 0.717) is 35.8 Å². The summed E-state index contributed by atoms with van der Waals surface area (Å²) < 4.78 is 19.5. The molecule has 0 aromatic heterocycles. The molecule has 3 aliphatic heterocycles. The highest BCUT2D eigenvalue weighted by molar-refractivity contribution is 6.03. The van der Waals surface area contributed by atoms with Crippen molar-refractivity contribution in [3.8, 4) is 5.75 Å². The maximum Gasteiger partial charge on any atom is 0.252 e. The number of carbonyl (C=O) groups is 3. The zero-order valence-electron chi connectivity index (χ0n) is 22.2. The summed E-state index contributed by atoms with van der Waals surface area (Å²) in [5.74, 6) is -0.566. The number of ether oxygens (including phenoxy) is 1. The van der Waals surface area contributed by atoms with Crippen molar-refractivity contribution in [1.29, 1.82) is 0 Å². The van der Waals surface area contributed by atoms with Gasteiger partial charge in [-0.1, -0.05) is 42.5 Å². The molecule has 0 bridgehead atoms. The smallest absolute Gasteiger partial charge is 0.252 e. The molecule has 3 aliphatic rings. The van der Waals surface area contributed by atoms with Gasteiger partial charge in [0.2, 0.25) is 11.8 Å². The molecule has 2 saturated heterocycles. The monoisotopic (exact) mass is 541 g/mol. The van der Waals surface area contributed by atoms with Crippen LogP contribution < -0.4 is 15.4 Å². The molecule has 2 atom stereocenters. The summed E-state index contributed by atoms with van der Waals surface area (Å²) in [6.07, 6.45) is 2.73. The van der Waals surface area contributed by atoms with Crippen molar-refractivity contribution < 1.29 is 23.5 Å². The summed E-state index contributed by atoms with van der Waals surface area (Å²) in [6, 6.07) is 20.0. The molecule has 0 radical (unpaired) electrons. The fourth-order valence-corrected chi connectivity index (χ4v) is 6.21. The predicted octanol–water partition coefficient (Wildman–Crippen LogP) is 4.62. The number of amides is 3. The molecule has 2 N–H and O–H groups in total. The van der Waals surface area contributed by atoms with Gasteiger partial charge in [0.1, 0.15) is 18.2 Å². The minimum absolute atomic E-state index is 0.194. The van der Waals surface area contributed by atoms with Crippen LogP contribution in [0.4, 0.5) is 4.39 Å². The van der Waals surface area contributed by atoms with Crippen molar-refractivity contribution in [2.45, 2.75) is 50.8 Å². The number of piperidine rings is 2. The number of hydrogen-bond acceptors (Lipinski definition) is 5. The number of imide groups is 1. The van der Waals surface area contributed by atoms with Gasteiger partial charge in [0.05, 0.1) is 12.0 Å². The third-order valence-electron chi connectivity index (χ3n) is 8.31. The third kappa shape index (κ3) is 5.49. The Morgan fingerprint density at radius 2 is 1.65 bits per heavy atom. The van der Waals surface area contributed by atoms with Gasteiger partial charge in [-0.15, -0.1) is 0 Å². The van der Waals surface area contributed by atoms with E-state index in [1.807, 2.05) is 30.3 Å². The first kappa shape index (κ1) is 26.2. The molecule has 206 valence electrons. The van der Waals surface area contributed by atoms with Crippen molar-refractivity contribution >= 4 is 17.7 Å². The van der Waals surface area contributed by atoms with E-state index in [1.54, 1.807) is 24.3 Å². The molecular weight excluding hydrogens is 509 g/mol. The van der Waals surface area contributed by atoms with Crippen LogP contribution >= 0.6 is 0 Å². The summed E-state index contributed by atoms with van der Waals surface area (Å²) >= 11 is 0. The van der Waals surface area contributed by atoms with Gasteiger partial charge in [-0.05, 0) is 79.2 Å². The van der Waals surface area contributed by atoms with Crippen LogP contribution in [0.25, 0.3) is 0 Å². The van der Waals surface area contributed by atoms with Crippen LogP contribution in [0, 0.1) is 11.7 Å². The minimum atomic E-state index is -0.532. The Morgan fingerprint density at radius 3 is 2.42 bits per heavy atom. The van der Waals surface area contributed by atoms with Crippen molar-refractivity contribution in [3.05, 3.63) is 100 Å². The van der Waals surface area contributed by atoms with Gasteiger partial charge in [0.25, 0.3) is 5.91 Å². The first-order valence-electron chi connectivity index (χ1n) is 13.9. The molecule has 6 rings (SSSR count). The normalized spacial score (nSPS) is 21.6. The summed E-state index contributed by atoms with van der Waals surface area (Å²) in [5.41, 5.74) is 4.63. The zero-order valence-corrected chi connectivity index (χ0v) is 22.2. The number of nitrogens with zero attached hydrogens (tertiary/aromatic N) is 1. The second-order valence-electron chi connectivity index (χ2n) is 10.9. The first-order valence-corrected chi connectivity index (χ1v) is 13.9. The summed E-state index contributed by atoms with van der Waals surface area (Å²) in [5, 5.41) is 5.32. The fraction of sp³-hybridized carbons (Fsp3) is 0.344. The minimum Gasteiger partial charge on any atom is -0.489 e. The highest BCUT2D eigenvalue weighted by Crippen LogP contribution is 2.40. The molecule has 2 unspecified atom stereocenters. The standard InChI is InChI=1S/C32H32FN3O4/c33-24-9-7-22(8-10-24)23-13-15-36(16-14-23)18-20-3-1-4-21(17-20)19-40-27-6-2-5-25-29(27)30(35-31(25)38)26-11-12-28(37)34-32(26)39/h1-10,17,23,26,30H,11-16,18-19H2,(H,35,38)(H,34,37,39). The number of likely N-dealkylation sites (tertiary alicyclic amines) is 1. The highest BCUT2D eigenvalue weighted by Gasteiger charge is 2.42. The fourth-order valence-electron chi connectivity index (χ4n) is 6.21. The molecule has 0 aliphatic carbocycles. The van der Waals surface area contributed by atoms with Gasteiger partial charge >= 0.3 is 0 Å². The van der Waals surface area contributed by atoms with E-state index in [-0.39, 0.29) is 30.0 Å². The van der Waals surface area contributed by atoms with Gasteiger partial charge in [-0.2, -0.15) is 0 Å². The van der Waals surface area contributed by atoms with Crippen LogP contribution in [0.15, 0.2) is 66.7 Å². The van der Waals surface area contributed by atoms with Crippen molar-refractivity contribution in [2.24, 2.45) is 5.92 Å². The number of rotatable bonds is 7. The number of fused-ring (bicyclic) bond motifs is 1. The largest absolute Gasteiger partial charge is 0.489 e. The lowest BCUT2D eigenvalue weighted by atomic mass is 9.86. The van der Waals surface area contributed by atoms with Crippen molar-refractivity contribution in [2.75, 3.05) is 13.1 Å². The van der Waals surface area contributed by atoms with Crippen LogP contribution in [-0.2, 0) is 22.7 Å². The van der Waals surface area contributed by atoms with E-state index in [1.165, 1.54) is 11.1 Å². The Kier molecular flexibility index (Phi) is 7.34. The van der Waals surface area contributed by atoms with Gasteiger partial charge < -0.3 is 10.1 Å². The molecule has 8 heteroatoms. The molecule has 3 aromatic carbocycles. The Bertz CT molecular complexity index is 1430. The van der Waals surface area contributed by atoms with Crippen LogP contribution in [-0.4, -0.2) is 35.7 Å². The molecule has 0 spiro atoms. The van der Waals surface area contributed by atoms with E-state index in [4.69, 9.17) is 4.74 Å². The lowest BCUT2D eigenvalue weighted by Gasteiger charge is -2.32. The molecule has 40 heavy (non-hydrogen) atoms. The molecule has 0 saturated carbocycles. The number of carbonyl (C=O) groups excluding carboxylic acids is 3. The Balaban J connectivity index is 1.10. The quantitative estimate of drug-likeness (QED) is 0.426. The second kappa shape index (κ2) is 11.2. The number of hydrogen-bond donors (Lipinski definition) is 2. The van der Waals surface area contributed by atoms with E-state index in [2.05, 4.69) is 27.7 Å². The average Bonchev–Trinajstić information content (AvgIpc) is 3.29. The van der Waals surface area contributed by atoms with Crippen LogP contribution in [0.5, 0.6) is 5.75 Å². The first-order chi connectivity index (χ1) is 19.4. The van der Waals surface area contributed by atoms with Crippen molar-refractivity contribution in [3.63, 3.8) is 0 Å². The molecule has 3 amide bonds. The lowest BCUT2D eigenvalue weighted by molar-refractivity contribution is -0.137. The molecular formula is C32H32FN3O4. The van der Waals surface area contributed by atoms with E-state index in [0.717, 1.165) is 38.0 Å². The SMILES string of the molecule is O=C1CCC(C2NC(=O)c3cccc(OCc4cccc(CN5CCC(c6ccc(F)cc6)CC5)c4)c32)C(=O)N1. The maximum atomic E-state index is 13.3. The zero-order chi connectivity index (χ0) is 27.6. The van der Waals surface area contributed by atoms with Crippen LogP contribution in [0.2, 0.25) is 0 Å². The summed E-state index contributed by atoms with van der Waals surface area (Å²) in [4.78, 5) is 39.3. The predicted molar refractivity (Wildman–Crippen MR) is 147 cm³/mol. The van der Waals surface area contributed by atoms with E-state index >= 15 is 0 Å². The van der Waals surface area contributed by atoms with Crippen LogP contribution in [0.1, 0.15) is 70.3 Å². The van der Waals surface area contributed by atoms with E-state index < -0.39 is 12.0 Å². The number of halogens is 1. The Hall–Kier alpha value is -4.04. The maximum absolute atomic E-state index is 13.3. The van der Waals surface area contributed by atoms with Gasteiger partial charge in [-0.25, -0.2) is 4.39 Å². The molecule has 7 nitrogen and oxygen atoms in total. The van der Waals surface area contributed by atoms with E-state index in [9.17, 15) is 18.8 Å². The summed E-state index contributed by atoms with van der Waals surface area (Å²) in [6.45, 7) is 3.15. The van der Waals surface area contributed by atoms with Crippen molar-refractivity contribution in [1.82, 2.24) is 15.5 Å². The molecule has 2 fully saturated rings. The third-order valence-corrected chi connectivity index (χ3v) is 8.31. The van der Waals surface area contributed by atoms with Crippen LogP contribution in [0.3, 0.4) is 0 Å². The van der Waals surface area contributed by atoms with Gasteiger partial charge in [0.15, 0.2) is 0 Å². The number of benzene rings is 3. The molecule has 3 heterocycles. The average molecular weight is 542 g/mol. The van der Waals surface area contributed by atoms with Gasteiger partial charge in [-0.3, -0.25) is 24.6 Å². The number of nitrogens with one attached hydrogen (secondary N) is 2. The Labute approximate surface area is 232 Å². The highest BCUT2D eigenvalue weighted by atomic mass is 19.1. The summed E-state index contributed by atoms with van der Waals surface area (Å²) in [7, 11) is 0. The Morgan fingerprint density at radius 1 is 0.900 bits per heavy atom. The van der Waals surface area contributed by atoms with Gasteiger partial charge in [0, 0.05) is 24.1 Å². The molecule has 3 aromatic rings. The lowest BCUT2D eigenvalue weighted by Crippen LogP contribution is -2.45. The second-order valence-corrected chi connectivity index (χ2v) is 10.9.